The Labute approximate surface area is 123 Å². The summed E-state index contributed by atoms with van der Waals surface area (Å²) in [5.41, 5.74) is 0. The molecule has 0 bridgehead atoms. The molecule has 0 fully saturated rings. The molecule has 0 aliphatic rings. The molecule has 0 spiro atoms. The topological polar surface area (TPSA) is 125 Å². The summed E-state index contributed by atoms with van der Waals surface area (Å²) >= 11 is 0. The largest absolute Gasteiger partial charge is 0.481 e. The summed E-state index contributed by atoms with van der Waals surface area (Å²) in [6.07, 6.45) is 2.22. The van der Waals surface area contributed by atoms with Crippen LogP contribution < -0.4 is 10.6 Å². The van der Waals surface area contributed by atoms with Crippen molar-refractivity contribution in [3.8, 4) is 0 Å². The van der Waals surface area contributed by atoms with Crippen LogP contribution in [0.3, 0.4) is 0 Å². The van der Waals surface area contributed by atoms with Gasteiger partial charge in [-0.2, -0.15) is 0 Å². The minimum Gasteiger partial charge on any atom is -0.481 e. The van der Waals surface area contributed by atoms with E-state index in [-0.39, 0.29) is 12.8 Å². The highest BCUT2D eigenvalue weighted by atomic mass is 16.5. The van der Waals surface area contributed by atoms with Crippen LogP contribution in [0.25, 0.3) is 0 Å². The van der Waals surface area contributed by atoms with E-state index in [0.717, 1.165) is 12.8 Å². The lowest BCUT2D eigenvalue weighted by Gasteiger charge is -2.14. The molecule has 1 atom stereocenters. The molecule has 2 amide bonds. The number of ether oxygens (including phenoxy) is 1. The van der Waals surface area contributed by atoms with Gasteiger partial charge in [0, 0.05) is 26.2 Å². The van der Waals surface area contributed by atoms with E-state index in [1.165, 1.54) is 0 Å². The normalized spacial score (nSPS) is 11.7. The van der Waals surface area contributed by atoms with Gasteiger partial charge in [0.25, 0.3) is 0 Å². The third-order valence-corrected chi connectivity index (χ3v) is 2.64. The van der Waals surface area contributed by atoms with Gasteiger partial charge >= 0.3 is 18.0 Å². The molecule has 4 N–H and O–H groups in total. The Bertz CT molecular complexity index is 335. The van der Waals surface area contributed by atoms with Gasteiger partial charge in [-0.25, -0.2) is 9.59 Å². The summed E-state index contributed by atoms with van der Waals surface area (Å²) in [7, 11) is 0. The molecule has 122 valence electrons. The van der Waals surface area contributed by atoms with Crippen molar-refractivity contribution in [3.63, 3.8) is 0 Å². The number of carbonyl (C=O) groups is 3. The number of carbonyl (C=O) groups excluding carboxylic acids is 1. The zero-order chi connectivity index (χ0) is 16.1. The molecule has 0 aromatic heterocycles. The summed E-state index contributed by atoms with van der Waals surface area (Å²) in [6, 6.07) is -1.83. The predicted molar refractivity (Wildman–Crippen MR) is 75.2 cm³/mol. The number of nitrogens with one attached hydrogen (secondary N) is 2. The minimum atomic E-state index is -1.26. The quantitative estimate of drug-likeness (QED) is 0.395. The van der Waals surface area contributed by atoms with E-state index in [0.29, 0.717) is 26.2 Å². The SMILES string of the molecule is CCCCOCCCNC(=O)NC(CCC(=O)O)C(=O)O. The number of rotatable bonds is 12. The zero-order valence-corrected chi connectivity index (χ0v) is 12.3. The van der Waals surface area contributed by atoms with Crippen molar-refractivity contribution < 1.29 is 29.3 Å². The molecule has 0 aromatic carbocycles. The van der Waals surface area contributed by atoms with E-state index < -0.39 is 24.0 Å². The zero-order valence-electron chi connectivity index (χ0n) is 12.3. The molecular weight excluding hydrogens is 280 g/mol. The van der Waals surface area contributed by atoms with Crippen LogP contribution in [0, 0.1) is 0 Å². The van der Waals surface area contributed by atoms with Crippen molar-refractivity contribution in [1.29, 1.82) is 0 Å². The van der Waals surface area contributed by atoms with Crippen LogP contribution in [0.15, 0.2) is 0 Å². The van der Waals surface area contributed by atoms with Crippen LogP contribution in [-0.4, -0.2) is 54.0 Å². The summed E-state index contributed by atoms with van der Waals surface area (Å²) in [5.74, 6) is -2.36. The molecule has 0 heterocycles. The van der Waals surface area contributed by atoms with Crippen LogP contribution in [-0.2, 0) is 14.3 Å². The number of unbranched alkanes of at least 4 members (excludes halogenated alkanes) is 1. The first-order valence-electron chi connectivity index (χ1n) is 7.04. The first kappa shape index (κ1) is 19.2. The maximum absolute atomic E-state index is 11.5. The van der Waals surface area contributed by atoms with Gasteiger partial charge in [0.1, 0.15) is 6.04 Å². The Kier molecular flexibility index (Phi) is 10.9. The van der Waals surface area contributed by atoms with Crippen LogP contribution in [0.5, 0.6) is 0 Å². The Balaban J connectivity index is 3.78. The second-order valence-electron chi connectivity index (χ2n) is 4.54. The van der Waals surface area contributed by atoms with E-state index in [9.17, 15) is 14.4 Å². The number of hydrogen-bond acceptors (Lipinski definition) is 4. The van der Waals surface area contributed by atoms with Crippen molar-refractivity contribution in [2.24, 2.45) is 0 Å². The summed E-state index contributed by atoms with van der Waals surface area (Å²) in [5, 5.41) is 22.1. The molecule has 1 unspecified atom stereocenters. The van der Waals surface area contributed by atoms with Crippen molar-refractivity contribution in [2.45, 2.75) is 45.1 Å². The Hall–Kier alpha value is -1.83. The molecule has 8 heteroatoms. The molecule has 0 aliphatic heterocycles. The molecule has 0 radical (unpaired) electrons. The molecule has 0 aromatic rings. The molecule has 21 heavy (non-hydrogen) atoms. The average Bonchev–Trinajstić information content (AvgIpc) is 2.41. The monoisotopic (exact) mass is 304 g/mol. The smallest absolute Gasteiger partial charge is 0.326 e. The van der Waals surface area contributed by atoms with E-state index in [1.807, 2.05) is 0 Å². The van der Waals surface area contributed by atoms with Crippen LogP contribution in [0.1, 0.15) is 39.0 Å². The highest BCUT2D eigenvalue weighted by Crippen LogP contribution is 1.98. The Morgan fingerprint density at radius 2 is 1.81 bits per heavy atom. The van der Waals surface area contributed by atoms with Crippen LogP contribution >= 0.6 is 0 Å². The second-order valence-corrected chi connectivity index (χ2v) is 4.54. The molecule has 0 saturated carbocycles. The van der Waals surface area contributed by atoms with Crippen molar-refractivity contribution in [1.82, 2.24) is 10.6 Å². The predicted octanol–water partition coefficient (Wildman–Crippen LogP) is 0.810. The maximum atomic E-state index is 11.5. The number of aliphatic carboxylic acids is 2. The number of urea groups is 1. The third kappa shape index (κ3) is 11.7. The van der Waals surface area contributed by atoms with Gasteiger partial charge in [-0.1, -0.05) is 13.3 Å². The van der Waals surface area contributed by atoms with Gasteiger partial charge in [0.15, 0.2) is 0 Å². The van der Waals surface area contributed by atoms with Crippen molar-refractivity contribution in [2.75, 3.05) is 19.8 Å². The fourth-order valence-electron chi connectivity index (χ4n) is 1.46. The fraction of sp³-hybridized carbons (Fsp3) is 0.769. The van der Waals surface area contributed by atoms with E-state index in [2.05, 4.69) is 17.6 Å². The maximum Gasteiger partial charge on any atom is 0.326 e. The van der Waals surface area contributed by atoms with E-state index in [4.69, 9.17) is 14.9 Å². The number of carboxylic acid groups (broad SMARTS) is 2. The van der Waals surface area contributed by atoms with E-state index >= 15 is 0 Å². The highest BCUT2D eigenvalue weighted by Gasteiger charge is 2.20. The van der Waals surface area contributed by atoms with Gasteiger partial charge in [-0.3, -0.25) is 4.79 Å². The van der Waals surface area contributed by atoms with Crippen molar-refractivity contribution >= 4 is 18.0 Å². The first-order chi connectivity index (χ1) is 9.97. The molecule has 0 saturated heterocycles. The summed E-state index contributed by atoms with van der Waals surface area (Å²) in [4.78, 5) is 32.7. The van der Waals surface area contributed by atoms with Gasteiger partial charge in [0.05, 0.1) is 0 Å². The molecule has 8 nitrogen and oxygen atoms in total. The highest BCUT2D eigenvalue weighted by molar-refractivity contribution is 5.82. The Morgan fingerprint density at radius 3 is 2.38 bits per heavy atom. The number of hydrogen-bond donors (Lipinski definition) is 4. The minimum absolute atomic E-state index is 0.155. The van der Waals surface area contributed by atoms with Gasteiger partial charge < -0.3 is 25.6 Å². The summed E-state index contributed by atoms with van der Waals surface area (Å²) < 4.78 is 5.31. The van der Waals surface area contributed by atoms with Crippen LogP contribution in [0.4, 0.5) is 4.79 Å². The van der Waals surface area contributed by atoms with Crippen LogP contribution in [0.2, 0.25) is 0 Å². The summed E-state index contributed by atoms with van der Waals surface area (Å²) in [6.45, 7) is 3.66. The lowest BCUT2D eigenvalue weighted by atomic mass is 10.1. The van der Waals surface area contributed by atoms with Crippen molar-refractivity contribution in [3.05, 3.63) is 0 Å². The molecule has 0 rings (SSSR count). The number of amides is 2. The number of carboxylic acids is 2. The van der Waals surface area contributed by atoms with Gasteiger partial charge in [-0.15, -0.1) is 0 Å². The lowest BCUT2D eigenvalue weighted by molar-refractivity contribution is -0.140. The second kappa shape index (κ2) is 12.0. The molecular formula is C13H24N2O6. The lowest BCUT2D eigenvalue weighted by Crippen LogP contribution is -2.46. The molecule has 0 aliphatic carbocycles. The Morgan fingerprint density at radius 1 is 1.14 bits per heavy atom. The first-order valence-corrected chi connectivity index (χ1v) is 7.04. The standard InChI is InChI=1S/C13H24N2O6/c1-2-3-8-21-9-4-7-14-13(20)15-10(12(18)19)5-6-11(16)17/h10H,2-9H2,1H3,(H,16,17)(H,18,19)(H2,14,15,20). The third-order valence-electron chi connectivity index (χ3n) is 2.64. The van der Waals surface area contributed by atoms with Gasteiger partial charge in [-0.05, 0) is 19.3 Å². The fourth-order valence-corrected chi connectivity index (χ4v) is 1.46. The average molecular weight is 304 g/mol. The van der Waals surface area contributed by atoms with E-state index in [1.54, 1.807) is 0 Å². The van der Waals surface area contributed by atoms with Gasteiger partial charge in [0.2, 0.25) is 0 Å².